The van der Waals surface area contributed by atoms with Gasteiger partial charge in [0.05, 0.1) is 0 Å². The van der Waals surface area contributed by atoms with E-state index in [1.807, 2.05) is 13.8 Å². The van der Waals surface area contributed by atoms with Crippen LogP contribution in [0.5, 0.6) is 0 Å². The molecule has 1 atom stereocenters. The Morgan fingerprint density at radius 1 is 1.07 bits per heavy atom. The Bertz CT molecular complexity index is 154. The molecule has 4 nitrogen and oxygen atoms in total. The average molecular weight is 202 g/mol. The molecule has 1 aliphatic heterocycles. The van der Waals surface area contributed by atoms with Crippen molar-refractivity contribution in [2.75, 3.05) is 33.5 Å². The molecule has 1 fully saturated rings. The van der Waals surface area contributed by atoms with Crippen LogP contribution < -0.4 is 5.43 Å². The second-order valence-corrected chi connectivity index (χ2v) is 3.60. The quantitative estimate of drug-likeness (QED) is 0.471. The molecule has 0 bridgehead atoms. The van der Waals surface area contributed by atoms with E-state index in [2.05, 4.69) is 17.5 Å². The molecule has 0 aromatic carbocycles. The van der Waals surface area contributed by atoms with E-state index in [1.54, 1.807) is 0 Å². The molecule has 14 heavy (non-hydrogen) atoms. The van der Waals surface area contributed by atoms with Crippen molar-refractivity contribution < 1.29 is 9.47 Å². The van der Waals surface area contributed by atoms with Crippen LogP contribution in [0.4, 0.5) is 0 Å². The van der Waals surface area contributed by atoms with E-state index in [1.165, 1.54) is 0 Å². The summed E-state index contributed by atoms with van der Waals surface area (Å²) in [7, 11) is 2.07. The number of nitrogens with one attached hydrogen (secondary N) is 1. The Labute approximate surface area is 86.5 Å². The number of hydrogen-bond acceptors (Lipinski definition) is 4. The minimum absolute atomic E-state index is 0.143. The van der Waals surface area contributed by atoms with Crippen molar-refractivity contribution in [3.05, 3.63) is 0 Å². The lowest BCUT2D eigenvalue weighted by atomic mass is 10.1. The molecule has 0 aromatic rings. The van der Waals surface area contributed by atoms with E-state index in [0.717, 1.165) is 39.3 Å². The van der Waals surface area contributed by atoms with Crippen LogP contribution in [0, 0.1) is 0 Å². The van der Waals surface area contributed by atoms with Crippen LogP contribution in [0.25, 0.3) is 0 Å². The molecule has 0 saturated carbocycles. The zero-order valence-corrected chi connectivity index (χ0v) is 9.51. The van der Waals surface area contributed by atoms with Gasteiger partial charge in [0.1, 0.15) is 5.66 Å². The fourth-order valence-electron chi connectivity index (χ4n) is 1.63. The second kappa shape index (κ2) is 5.66. The summed E-state index contributed by atoms with van der Waals surface area (Å²) in [6, 6.07) is 0. The molecule has 0 aromatic heterocycles. The van der Waals surface area contributed by atoms with Gasteiger partial charge >= 0.3 is 0 Å². The van der Waals surface area contributed by atoms with Crippen molar-refractivity contribution in [3.63, 3.8) is 0 Å². The molecule has 0 amide bonds. The Balaban J connectivity index is 2.15. The molecule has 1 heterocycles. The monoisotopic (exact) mass is 202 g/mol. The second-order valence-electron chi connectivity index (χ2n) is 3.60. The summed E-state index contributed by atoms with van der Waals surface area (Å²) in [5.74, 6) is 0. The number of nitrogens with zero attached hydrogens (tertiary/aromatic N) is 1. The molecule has 84 valence electrons. The van der Waals surface area contributed by atoms with Crippen LogP contribution in [-0.4, -0.2) is 44.1 Å². The summed E-state index contributed by atoms with van der Waals surface area (Å²) < 4.78 is 10.7. The molecule has 1 N–H and O–H groups in total. The summed E-state index contributed by atoms with van der Waals surface area (Å²) in [5, 5.41) is 2.14. The van der Waals surface area contributed by atoms with E-state index < -0.39 is 0 Å². The van der Waals surface area contributed by atoms with Crippen LogP contribution in [0.15, 0.2) is 0 Å². The minimum atomic E-state index is 0.143. The van der Waals surface area contributed by atoms with Gasteiger partial charge in [-0.1, -0.05) is 0 Å². The van der Waals surface area contributed by atoms with Gasteiger partial charge < -0.3 is 9.47 Å². The molecule has 0 spiro atoms. The highest BCUT2D eigenvalue weighted by molar-refractivity contribution is 4.95. The summed E-state index contributed by atoms with van der Waals surface area (Å²) in [6.45, 7) is 7.28. The Morgan fingerprint density at radius 3 is 1.79 bits per heavy atom. The first kappa shape index (κ1) is 11.9. The van der Waals surface area contributed by atoms with E-state index in [-0.39, 0.29) is 5.66 Å². The molecule has 1 aliphatic rings. The third-order valence-electron chi connectivity index (χ3n) is 2.70. The maximum Gasteiger partial charge on any atom is 0.101 e. The minimum Gasteiger partial charge on any atom is -0.382 e. The van der Waals surface area contributed by atoms with Crippen molar-refractivity contribution >= 4 is 0 Å². The van der Waals surface area contributed by atoms with Gasteiger partial charge in [0, 0.05) is 46.3 Å². The molecule has 4 heteroatoms. The molecular formula is C10H22N2O2. The van der Waals surface area contributed by atoms with Crippen molar-refractivity contribution in [2.45, 2.75) is 32.4 Å². The third-order valence-corrected chi connectivity index (χ3v) is 2.70. The van der Waals surface area contributed by atoms with Gasteiger partial charge in [-0.15, -0.1) is 0 Å². The summed E-state index contributed by atoms with van der Waals surface area (Å²) in [5.41, 5.74) is 3.48. The van der Waals surface area contributed by atoms with Crippen LogP contribution in [0.1, 0.15) is 26.7 Å². The van der Waals surface area contributed by atoms with Gasteiger partial charge in [-0.2, -0.15) is 0 Å². The number of rotatable bonds is 8. The van der Waals surface area contributed by atoms with Crippen molar-refractivity contribution in [2.24, 2.45) is 0 Å². The topological polar surface area (TPSA) is 43.4 Å². The van der Waals surface area contributed by atoms with Gasteiger partial charge in [-0.05, 0) is 13.8 Å². The first-order chi connectivity index (χ1) is 6.75. The molecule has 0 radical (unpaired) electrons. The third kappa shape index (κ3) is 3.20. The number of ether oxygens (including phenoxy) is 2. The highest BCUT2D eigenvalue weighted by atomic mass is 16.5. The maximum atomic E-state index is 5.36. The van der Waals surface area contributed by atoms with Gasteiger partial charge in [-0.3, -0.25) is 0 Å². The molecule has 1 rings (SSSR count). The molecular weight excluding hydrogens is 180 g/mol. The van der Waals surface area contributed by atoms with Gasteiger partial charge in [0.2, 0.25) is 0 Å². The van der Waals surface area contributed by atoms with Crippen LogP contribution >= 0.6 is 0 Å². The highest BCUT2D eigenvalue weighted by Gasteiger charge is 2.47. The van der Waals surface area contributed by atoms with Gasteiger partial charge in [-0.25, -0.2) is 10.4 Å². The summed E-state index contributed by atoms with van der Waals surface area (Å²) in [6.07, 6.45) is 2.06. The molecule has 1 unspecified atom stereocenters. The summed E-state index contributed by atoms with van der Waals surface area (Å²) in [4.78, 5) is 0. The predicted octanol–water partition coefficient (Wildman–Crippen LogP) is 0.986. The Hall–Kier alpha value is -0.160. The van der Waals surface area contributed by atoms with E-state index in [0.29, 0.717) is 0 Å². The van der Waals surface area contributed by atoms with Crippen molar-refractivity contribution in [1.29, 1.82) is 0 Å². The lowest BCUT2D eigenvalue weighted by Gasteiger charge is -2.13. The zero-order chi connectivity index (χ0) is 10.4. The zero-order valence-electron chi connectivity index (χ0n) is 9.51. The largest absolute Gasteiger partial charge is 0.382 e. The Morgan fingerprint density at radius 2 is 1.50 bits per heavy atom. The van der Waals surface area contributed by atoms with Crippen molar-refractivity contribution in [1.82, 2.24) is 10.4 Å². The van der Waals surface area contributed by atoms with Crippen LogP contribution in [0.2, 0.25) is 0 Å². The van der Waals surface area contributed by atoms with E-state index in [4.69, 9.17) is 9.47 Å². The smallest absolute Gasteiger partial charge is 0.101 e. The van der Waals surface area contributed by atoms with E-state index >= 15 is 0 Å². The average Bonchev–Trinajstić information content (AvgIpc) is 2.78. The van der Waals surface area contributed by atoms with Crippen LogP contribution in [-0.2, 0) is 9.47 Å². The fraction of sp³-hybridized carbons (Fsp3) is 1.00. The first-order valence-corrected chi connectivity index (χ1v) is 5.42. The van der Waals surface area contributed by atoms with E-state index in [9.17, 15) is 0 Å². The SMILES string of the molecule is CCOCCC1(CCOCC)NN1C. The van der Waals surface area contributed by atoms with Crippen LogP contribution in [0.3, 0.4) is 0 Å². The van der Waals surface area contributed by atoms with Gasteiger partial charge in [0.15, 0.2) is 0 Å². The molecule has 1 saturated heterocycles. The maximum absolute atomic E-state index is 5.36. The fourth-order valence-corrected chi connectivity index (χ4v) is 1.63. The summed E-state index contributed by atoms with van der Waals surface area (Å²) >= 11 is 0. The van der Waals surface area contributed by atoms with Gasteiger partial charge in [0.25, 0.3) is 0 Å². The predicted molar refractivity (Wildman–Crippen MR) is 55.8 cm³/mol. The number of hydrogen-bond donors (Lipinski definition) is 1. The Kier molecular flexibility index (Phi) is 4.81. The molecule has 0 aliphatic carbocycles. The lowest BCUT2D eigenvalue weighted by molar-refractivity contribution is 0.107. The standard InChI is InChI=1S/C10H22N2O2/c1-4-13-8-6-10(11-12(10)3)7-9-14-5-2/h11H,4-9H2,1-3H3. The number of hydrazine groups is 1. The van der Waals surface area contributed by atoms with Crippen molar-refractivity contribution in [3.8, 4) is 0 Å². The lowest BCUT2D eigenvalue weighted by Crippen LogP contribution is -2.23. The first-order valence-electron chi connectivity index (χ1n) is 5.42. The normalized spacial score (nSPS) is 23.8. The highest BCUT2D eigenvalue weighted by Crippen LogP contribution is 2.30.